The summed E-state index contributed by atoms with van der Waals surface area (Å²) in [6.07, 6.45) is -0.371. The average molecular weight is 399 g/mol. The van der Waals surface area contributed by atoms with Gasteiger partial charge in [0.05, 0.1) is 34.4 Å². The van der Waals surface area contributed by atoms with E-state index in [1.54, 1.807) is 12.1 Å². The van der Waals surface area contributed by atoms with Crippen LogP contribution < -0.4 is 10.2 Å². The maximum Gasteiger partial charge on any atom is 0.414 e. The van der Waals surface area contributed by atoms with E-state index in [-0.39, 0.29) is 34.9 Å². The summed E-state index contributed by atoms with van der Waals surface area (Å²) < 4.78 is 10.4. The van der Waals surface area contributed by atoms with E-state index < -0.39 is 12.2 Å². The predicted molar refractivity (Wildman–Crippen MR) is 95.4 cm³/mol. The van der Waals surface area contributed by atoms with Gasteiger partial charge in [-0.1, -0.05) is 35.3 Å². The van der Waals surface area contributed by atoms with Crippen LogP contribution in [-0.4, -0.2) is 41.3 Å². The molecule has 1 aromatic carbocycles. The minimum atomic E-state index is -0.536. The van der Waals surface area contributed by atoms with Crippen LogP contribution in [0.15, 0.2) is 16.7 Å². The number of rotatable bonds is 5. The molecule has 1 saturated heterocycles. The van der Waals surface area contributed by atoms with Crippen molar-refractivity contribution in [1.29, 1.82) is 0 Å². The van der Waals surface area contributed by atoms with Gasteiger partial charge in [0, 0.05) is 13.3 Å². The maximum absolute atomic E-state index is 12.1. The number of anilines is 1. The highest BCUT2D eigenvalue weighted by Crippen LogP contribution is 2.38. The van der Waals surface area contributed by atoms with Crippen LogP contribution in [0.2, 0.25) is 10.0 Å². The van der Waals surface area contributed by atoms with E-state index in [9.17, 15) is 9.59 Å². The van der Waals surface area contributed by atoms with E-state index in [4.69, 9.17) is 32.5 Å². The zero-order valence-corrected chi connectivity index (χ0v) is 15.6. The molecule has 8 nitrogen and oxygen atoms in total. The molecule has 138 valence electrons. The largest absolute Gasteiger partial charge is 0.442 e. The third-order valence-electron chi connectivity index (χ3n) is 3.79. The topological polar surface area (TPSA) is 97.6 Å². The van der Waals surface area contributed by atoms with E-state index in [0.29, 0.717) is 23.5 Å². The van der Waals surface area contributed by atoms with Crippen LogP contribution in [0, 0.1) is 0 Å². The van der Waals surface area contributed by atoms with Crippen LogP contribution in [0.4, 0.5) is 10.5 Å². The zero-order valence-electron chi connectivity index (χ0n) is 14.1. The fourth-order valence-electron chi connectivity index (χ4n) is 2.52. The van der Waals surface area contributed by atoms with Crippen LogP contribution in [0.5, 0.6) is 0 Å². The van der Waals surface area contributed by atoms with Crippen molar-refractivity contribution in [3.63, 3.8) is 0 Å². The number of aryl methyl sites for hydroxylation is 1. The molecule has 26 heavy (non-hydrogen) atoms. The summed E-state index contributed by atoms with van der Waals surface area (Å²) in [4.78, 5) is 28.7. The number of benzene rings is 1. The highest BCUT2D eigenvalue weighted by atomic mass is 35.5. The Morgan fingerprint density at radius 3 is 2.65 bits per heavy atom. The second kappa shape index (κ2) is 7.51. The summed E-state index contributed by atoms with van der Waals surface area (Å²) in [5, 5.41) is 7.00. The molecule has 0 bridgehead atoms. The molecular weight excluding hydrogens is 383 g/mol. The first kappa shape index (κ1) is 18.5. The molecule has 1 fully saturated rings. The molecule has 1 atom stereocenters. The SMILES string of the molecule is CCc1noc(-c2c(Cl)cc(N3CC(CNC(C)=O)OC3=O)cc2Cl)n1. The van der Waals surface area contributed by atoms with Crippen LogP contribution >= 0.6 is 23.2 Å². The lowest BCUT2D eigenvalue weighted by Crippen LogP contribution is -2.33. The number of cyclic esters (lactones) is 1. The molecular formula is C16H16Cl2N4O4. The molecule has 1 aliphatic heterocycles. The molecule has 10 heteroatoms. The average Bonchev–Trinajstić information content (AvgIpc) is 3.19. The Hall–Kier alpha value is -2.32. The summed E-state index contributed by atoms with van der Waals surface area (Å²) in [6.45, 7) is 3.80. The van der Waals surface area contributed by atoms with Gasteiger partial charge < -0.3 is 14.6 Å². The first-order valence-electron chi connectivity index (χ1n) is 7.93. The van der Waals surface area contributed by atoms with Crippen LogP contribution in [-0.2, 0) is 16.0 Å². The lowest BCUT2D eigenvalue weighted by molar-refractivity contribution is -0.119. The highest BCUT2D eigenvalue weighted by Gasteiger charge is 2.33. The number of amides is 2. The van der Waals surface area contributed by atoms with Crippen molar-refractivity contribution < 1.29 is 18.8 Å². The fraction of sp³-hybridized carbons (Fsp3) is 0.375. The smallest absolute Gasteiger partial charge is 0.414 e. The monoisotopic (exact) mass is 398 g/mol. The first-order chi connectivity index (χ1) is 12.4. The van der Waals surface area contributed by atoms with Gasteiger partial charge >= 0.3 is 6.09 Å². The Labute approximate surface area is 159 Å². The number of hydrogen-bond acceptors (Lipinski definition) is 6. The molecule has 0 saturated carbocycles. The van der Waals surface area contributed by atoms with Gasteiger partial charge in [-0.05, 0) is 12.1 Å². The Kier molecular flexibility index (Phi) is 5.33. The van der Waals surface area contributed by atoms with Gasteiger partial charge in [0.2, 0.25) is 5.91 Å². The molecule has 0 aliphatic carbocycles. The van der Waals surface area contributed by atoms with Crippen LogP contribution in [0.1, 0.15) is 19.7 Å². The zero-order chi connectivity index (χ0) is 18.8. The van der Waals surface area contributed by atoms with E-state index in [1.807, 2.05) is 6.92 Å². The van der Waals surface area contributed by atoms with Crippen molar-refractivity contribution in [2.24, 2.45) is 0 Å². The van der Waals surface area contributed by atoms with Gasteiger partial charge in [0.25, 0.3) is 5.89 Å². The minimum absolute atomic E-state index is 0.194. The quantitative estimate of drug-likeness (QED) is 0.830. The van der Waals surface area contributed by atoms with Crippen molar-refractivity contribution in [2.75, 3.05) is 18.0 Å². The third-order valence-corrected chi connectivity index (χ3v) is 4.39. The van der Waals surface area contributed by atoms with E-state index in [1.165, 1.54) is 11.8 Å². The van der Waals surface area contributed by atoms with Gasteiger partial charge in [-0.25, -0.2) is 4.79 Å². The van der Waals surface area contributed by atoms with Crippen molar-refractivity contribution >= 4 is 40.9 Å². The highest BCUT2D eigenvalue weighted by molar-refractivity contribution is 6.39. The normalized spacial score (nSPS) is 16.7. The maximum atomic E-state index is 12.1. The predicted octanol–water partition coefficient (Wildman–Crippen LogP) is 3.07. The summed E-state index contributed by atoms with van der Waals surface area (Å²) in [5.74, 6) is 0.567. The molecule has 0 radical (unpaired) electrons. The number of hydrogen-bond donors (Lipinski definition) is 1. The van der Waals surface area contributed by atoms with Gasteiger partial charge in [-0.2, -0.15) is 4.98 Å². The van der Waals surface area contributed by atoms with Crippen molar-refractivity contribution in [2.45, 2.75) is 26.4 Å². The lowest BCUT2D eigenvalue weighted by atomic mass is 10.2. The fourth-order valence-corrected chi connectivity index (χ4v) is 3.15. The summed E-state index contributed by atoms with van der Waals surface area (Å²) in [6, 6.07) is 3.17. The molecule has 1 aliphatic rings. The van der Waals surface area contributed by atoms with Gasteiger partial charge in [-0.15, -0.1) is 0 Å². The molecule has 2 aromatic rings. The van der Waals surface area contributed by atoms with Gasteiger partial charge in [0.15, 0.2) is 5.82 Å². The number of aromatic nitrogens is 2. The number of nitrogens with zero attached hydrogens (tertiary/aromatic N) is 3. The minimum Gasteiger partial charge on any atom is -0.442 e. The van der Waals surface area contributed by atoms with Crippen molar-refractivity contribution in [3.05, 3.63) is 28.0 Å². The number of nitrogens with one attached hydrogen (secondary N) is 1. The molecule has 1 N–H and O–H groups in total. The molecule has 3 rings (SSSR count). The van der Waals surface area contributed by atoms with Gasteiger partial charge in [-0.3, -0.25) is 9.69 Å². The van der Waals surface area contributed by atoms with E-state index in [0.717, 1.165) is 0 Å². The Morgan fingerprint density at radius 1 is 1.38 bits per heavy atom. The third kappa shape index (κ3) is 3.76. The van der Waals surface area contributed by atoms with E-state index in [2.05, 4.69) is 15.5 Å². The molecule has 1 aromatic heterocycles. The second-order valence-corrected chi connectivity index (χ2v) is 6.52. The number of halogens is 2. The second-order valence-electron chi connectivity index (χ2n) is 5.71. The molecule has 1 unspecified atom stereocenters. The van der Waals surface area contributed by atoms with Crippen molar-refractivity contribution in [3.8, 4) is 11.5 Å². The molecule has 2 heterocycles. The molecule has 2 amide bonds. The standard InChI is InChI=1S/C16H16Cl2N4O4/c1-3-13-20-15(26-21-13)14-11(17)4-9(5-12(14)18)22-7-10(25-16(22)24)6-19-8(2)23/h4-5,10H,3,6-7H2,1-2H3,(H,19,23). The Morgan fingerprint density at radius 2 is 2.08 bits per heavy atom. The number of ether oxygens (including phenoxy) is 1. The number of carbonyl (C=O) groups is 2. The summed E-state index contributed by atoms with van der Waals surface area (Å²) in [5.41, 5.74) is 0.890. The first-order valence-corrected chi connectivity index (χ1v) is 8.69. The Bertz CT molecular complexity index is 832. The van der Waals surface area contributed by atoms with Crippen molar-refractivity contribution in [1.82, 2.24) is 15.5 Å². The number of carbonyl (C=O) groups excluding carboxylic acids is 2. The molecule has 0 spiro atoms. The lowest BCUT2D eigenvalue weighted by Gasteiger charge is -2.15. The van der Waals surface area contributed by atoms with Crippen LogP contribution in [0.25, 0.3) is 11.5 Å². The van der Waals surface area contributed by atoms with E-state index >= 15 is 0 Å². The summed E-state index contributed by atoms with van der Waals surface area (Å²) in [7, 11) is 0. The van der Waals surface area contributed by atoms with Gasteiger partial charge in [0.1, 0.15) is 6.10 Å². The summed E-state index contributed by atoms with van der Waals surface area (Å²) >= 11 is 12.7. The van der Waals surface area contributed by atoms with Crippen LogP contribution in [0.3, 0.4) is 0 Å². The Balaban J connectivity index is 1.83.